The van der Waals surface area contributed by atoms with E-state index in [1.807, 2.05) is 6.92 Å². The number of hydrogen-bond acceptors (Lipinski definition) is 3. The van der Waals surface area contributed by atoms with Crippen molar-refractivity contribution in [1.29, 1.82) is 0 Å². The molecule has 4 nitrogen and oxygen atoms in total. The zero-order valence-electron chi connectivity index (χ0n) is 18.4. The predicted molar refractivity (Wildman–Crippen MR) is 114 cm³/mol. The first-order valence-electron chi connectivity index (χ1n) is 12.8. The quantitative estimate of drug-likeness (QED) is 0.667. The Labute approximate surface area is 179 Å². The average molecular weight is 409 g/mol. The fraction of sp³-hybridized carbons (Fsp3) is 0.846. The number of rotatable bonds is 4. The normalized spacial score (nSPS) is 47.8. The van der Waals surface area contributed by atoms with Crippen LogP contribution in [0, 0.1) is 35.5 Å². The first kappa shape index (κ1) is 18.3. The van der Waals surface area contributed by atoms with E-state index >= 15 is 0 Å². The molecule has 0 atom stereocenters. The molecule has 0 aliphatic heterocycles. The number of aromatic nitrogens is 2. The molecule has 30 heavy (non-hydrogen) atoms. The molecule has 8 saturated carbocycles. The van der Waals surface area contributed by atoms with E-state index in [0.717, 1.165) is 41.3 Å². The van der Waals surface area contributed by atoms with Gasteiger partial charge in [-0.3, -0.25) is 0 Å². The van der Waals surface area contributed by atoms with Gasteiger partial charge in [0, 0.05) is 10.8 Å². The Hall–Kier alpha value is -1.32. The Morgan fingerprint density at radius 2 is 1.27 bits per heavy atom. The summed E-state index contributed by atoms with van der Waals surface area (Å²) in [5.74, 6) is 6.21. The van der Waals surface area contributed by atoms with Crippen LogP contribution in [0.3, 0.4) is 0 Å². The molecule has 8 fully saturated rings. The minimum absolute atomic E-state index is 0.157. The number of hydrogen-bond donors (Lipinski definition) is 1. The standard InChI is InChI=1S/C26H36N2O2/c1-2-30-23(29)21-22(25-9-15-3-16(10-25)5-17(4-15)11-25)28-24(27-21)26-12-18-6-19(13-26)8-20(7-18)14-26/h15-20H,2-14H2,1H3,(H,27,28). The molecule has 1 aromatic rings. The highest BCUT2D eigenvalue weighted by Gasteiger charge is 2.56. The van der Waals surface area contributed by atoms with Crippen LogP contribution in [0.2, 0.25) is 0 Å². The van der Waals surface area contributed by atoms with Crippen molar-refractivity contribution in [2.45, 2.75) is 94.8 Å². The highest BCUT2D eigenvalue weighted by atomic mass is 16.5. The molecular formula is C26H36N2O2. The zero-order chi connectivity index (χ0) is 20.1. The minimum Gasteiger partial charge on any atom is -0.461 e. The summed E-state index contributed by atoms with van der Waals surface area (Å²) in [6, 6.07) is 0. The van der Waals surface area contributed by atoms with Gasteiger partial charge in [-0.15, -0.1) is 0 Å². The molecule has 1 aromatic heterocycles. The van der Waals surface area contributed by atoms with Crippen LogP contribution in [-0.4, -0.2) is 22.5 Å². The second-order valence-electron chi connectivity index (χ2n) is 12.4. The summed E-state index contributed by atoms with van der Waals surface area (Å²) in [5.41, 5.74) is 2.20. The molecule has 0 unspecified atom stereocenters. The Morgan fingerprint density at radius 1 is 0.833 bits per heavy atom. The van der Waals surface area contributed by atoms with E-state index in [1.165, 1.54) is 82.7 Å². The predicted octanol–water partition coefficient (Wildman–Crippen LogP) is 5.52. The summed E-state index contributed by atoms with van der Waals surface area (Å²) in [6.45, 7) is 2.34. The van der Waals surface area contributed by atoms with Gasteiger partial charge in [0.25, 0.3) is 0 Å². The molecule has 9 rings (SSSR count). The zero-order valence-corrected chi connectivity index (χ0v) is 18.4. The van der Waals surface area contributed by atoms with Crippen LogP contribution in [0.5, 0.6) is 0 Å². The molecule has 162 valence electrons. The lowest BCUT2D eigenvalue weighted by Crippen LogP contribution is -2.50. The van der Waals surface area contributed by atoms with Crippen molar-refractivity contribution in [3.8, 4) is 0 Å². The number of nitrogens with one attached hydrogen (secondary N) is 1. The second-order valence-corrected chi connectivity index (χ2v) is 12.4. The third kappa shape index (κ3) is 2.51. The lowest BCUT2D eigenvalue weighted by Gasteiger charge is -2.57. The number of imidazole rings is 1. The maximum absolute atomic E-state index is 13.1. The smallest absolute Gasteiger partial charge is 0.358 e. The van der Waals surface area contributed by atoms with Crippen molar-refractivity contribution in [1.82, 2.24) is 9.97 Å². The average Bonchev–Trinajstić information content (AvgIpc) is 3.13. The van der Waals surface area contributed by atoms with E-state index in [2.05, 4.69) is 4.98 Å². The summed E-state index contributed by atoms with van der Waals surface area (Å²) in [5, 5.41) is 0. The first-order chi connectivity index (χ1) is 14.5. The molecule has 0 amide bonds. The summed E-state index contributed by atoms with van der Waals surface area (Å²) >= 11 is 0. The van der Waals surface area contributed by atoms with Crippen molar-refractivity contribution in [3.05, 3.63) is 17.2 Å². The Balaban J connectivity index is 1.33. The van der Waals surface area contributed by atoms with Gasteiger partial charge >= 0.3 is 5.97 Å². The van der Waals surface area contributed by atoms with Gasteiger partial charge < -0.3 is 9.72 Å². The molecule has 0 aromatic carbocycles. The molecule has 4 heteroatoms. The van der Waals surface area contributed by atoms with Crippen LogP contribution in [0.25, 0.3) is 0 Å². The van der Waals surface area contributed by atoms with Gasteiger partial charge in [0.15, 0.2) is 5.69 Å². The van der Waals surface area contributed by atoms with Crippen molar-refractivity contribution >= 4 is 5.97 Å². The van der Waals surface area contributed by atoms with Crippen LogP contribution in [0.4, 0.5) is 0 Å². The largest absolute Gasteiger partial charge is 0.461 e. The molecule has 8 aliphatic carbocycles. The monoisotopic (exact) mass is 408 g/mol. The highest BCUT2D eigenvalue weighted by molar-refractivity contribution is 5.89. The summed E-state index contributed by atoms with van der Waals surface area (Å²) in [7, 11) is 0. The number of ether oxygens (including phenoxy) is 1. The molecule has 1 N–H and O–H groups in total. The van der Waals surface area contributed by atoms with Gasteiger partial charge in [-0.05, 0) is 119 Å². The van der Waals surface area contributed by atoms with Crippen LogP contribution < -0.4 is 0 Å². The van der Waals surface area contributed by atoms with E-state index in [9.17, 15) is 4.79 Å². The van der Waals surface area contributed by atoms with E-state index in [0.29, 0.717) is 12.3 Å². The number of H-pyrrole nitrogens is 1. The van der Waals surface area contributed by atoms with Crippen molar-refractivity contribution in [2.75, 3.05) is 6.61 Å². The number of carbonyl (C=O) groups excluding carboxylic acids is 1. The SMILES string of the molecule is CCOC(=O)c1nc(C23CC4CC(CC(C4)C2)C3)[nH]c1C12CC3CC(CC(C3)C1)C2. The third-order valence-corrected chi connectivity index (χ3v) is 10.3. The van der Waals surface area contributed by atoms with Gasteiger partial charge in [0.05, 0.1) is 12.3 Å². The molecule has 0 radical (unpaired) electrons. The van der Waals surface area contributed by atoms with E-state index in [-0.39, 0.29) is 16.8 Å². The summed E-state index contributed by atoms with van der Waals surface area (Å²) < 4.78 is 5.54. The first-order valence-corrected chi connectivity index (χ1v) is 12.8. The lowest BCUT2D eigenvalue weighted by atomic mass is 9.48. The second kappa shape index (κ2) is 6.13. The summed E-state index contributed by atoms with van der Waals surface area (Å²) in [6.07, 6.45) is 16.2. The summed E-state index contributed by atoms with van der Waals surface area (Å²) in [4.78, 5) is 22.2. The van der Waals surface area contributed by atoms with Crippen molar-refractivity contribution in [2.24, 2.45) is 35.5 Å². The molecular weight excluding hydrogens is 372 g/mol. The Kier molecular flexibility index (Phi) is 3.74. The highest BCUT2D eigenvalue weighted by Crippen LogP contribution is 2.63. The number of carbonyl (C=O) groups is 1. The number of nitrogens with zero attached hydrogens (tertiary/aromatic N) is 1. The fourth-order valence-electron chi connectivity index (χ4n) is 10.2. The lowest BCUT2D eigenvalue weighted by molar-refractivity contribution is -0.0121. The molecule has 0 spiro atoms. The number of aromatic amines is 1. The van der Waals surface area contributed by atoms with Crippen LogP contribution in [-0.2, 0) is 15.6 Å². The van der Waals surface area contributed by atoms with Gasteiger partial charge in [-0.1, -0.05) is 0 Å². The Morgan fingerprint density at radius 3 is 1.70 bits per heavy atom. The fourth-order valence-corrected chi connectivity index (χ4v) is 10.2. The van der Waals surface area contributed by atoms with Gasteiger partial charge in [-0.25, -0.2) is 9.78 Å². The van der Waals surface area contributed by atoms with E-state index < -0.39 is 0 Å². The van der Waals surface area contributed by atoms with Crippen LogP contribution in [0.15, 0.2) is 0 Å². The maximum Gasteiger partial charge on any atom is 0.358 e. The minimum atomic E-state index is -0.185. The van der Waals surface area contributed by atoms with E-state index in [4.69, 9.17) is 9.72 Å². The van der Waals surface area contributed by atoms with Gasteiger partial charge in [0.2, 0.25) is 0 Å². The van der Waals surface area contributed by atoms with Gasteiger partial charge in [0.1, 0.15) is 5.82 Å². The molecule has 8 aliphatic rings. The Bertz CT molecular complexity index is 813. The van der Waals surface area contributed by atoms with E-state index in [1.54, 1.807) is 0 Å². The van der Waals surface area contributed by atoms with Crippen LogP contribution in [0.1, 0.15) is 106 Å². The van der Waals surface area contributed by atoms with Crippen molar-refractivity contribution < 1.29 is 9.53 Å². The van der Waals surface area contributed by atoms with Gasteiger partial charge in [-0.2, -0.15) is 0 Å². The van der Waals surface area contributed by atoms with Crippen LogP contribution >= 0.6 is 0 Å². The molecule has 1 heterocycles. The topological polar surface area (TPSA) is 55.0 Å². The molecule has 0 saturated heterocycles. The van der Waals surface area contributed by atoms with Crippen molar-refractivity contribution in [3.63, 3.8) is 0 Å². The third-order valence-electron chi connectivity index (χ3n) is 10.3. The molecule has 8 bridgehead atoms. The number of esters is 1. The maximum atomic E-state index is 13.1.